The second-order valence-electron chi connectivity index (χ2n) is 4.26. The monoisotopic (exact) mass is 322 g/mol. The largest absolute Gasteiger partial charge is 0.496 e. The zero-order valence-corrected chi connectivity index (χ0v) is 12.3. The highest BCUT2D eigenvalue weighted by molar-refractivity contribution is 9.10. The Morgan fingerprint density at radius 3 is 2.84 bits per heavy atom. The summed E-state index contributed by atoms with van der Waals surface area (Å²) in [5.74, 6) is 1.82. The molecule has 0 radical (unpaired) electrons. The van der Waals surface area contributed by atoms with Crippen molar-refractivity contribution in [3.8, 4) is 5.75 Å². The summed E-state index contributed by atoms with van der Waals surface area (Å²) in [6.45, 7) is 0. The van der Waals surface area contributed by atoms with E-state index in [-0.39, 0.29) is 5.78 Å². The number of carbonyl (C=O) groups is 1. The Hall–Kier alpha value is -1.55. The summed E-state index contributed by atoms with van der Waals surface area (Å²) < 4.78 is 11.2. The Morgan fingerprint density at radius 1 is 1.37 bits per heavy atom. The van der Waals surface area contributed by atoms with Crippen molar-refractivity contribution in [1.82, 2.24) is 0 Å². The van der Waals surface area contributed by atoms with Crippen LogP contribution in [0.25, 0.3) is 0 Å². The molecule has 0 saturated carbocycles. The molecular weight excluding hydrogens is 308 g/mol. The van der Waals surface area contributed by atoms with Crippen LogP contribution in [-0.2, 0) is 17.6 Å². The van der Waals surface area contributed by atoms with Crippen molar-refractivity contribution in [2.24, 2.45) is 0 Å². The fourth-order valence-corrected chi connectivity index (χ4v) is 2.44. The van der Waals surface area contributed by atoms with Crippen LogP contribution in [0.3, 0.4) is 0 Å². The van der Waals surface area contributed by atoms with E-state index in [2.05, 4.69) is 15.9 Å². The topological polar surface area (TPSA) is 39.4 Å². The van der Waals surface area contributed by atoms with E-state index in [1.165, 1.54) is 0 Å². The predicted octanol–water partition coefficient (Wildman–Crippen LogP) is 3.80. The smallest absolute Gasteiger partial charge is 0.137 e. The normalized spacial score (nSPS) is 10.4. The van der Waals surface area contributed by atoms with E-state index in [1.807, 2.05) is 30.3 Å². The van der Waals surface area contributed by atoms with Gasteiger partial charge in [-0.15, -0.1) is 0 Å². The maximum atomic E-state index is 11.9. The summed E-state index contributed by atoms with van der Waals surface area (Å²) in [6.07, 6.45) is 3.21. The summed E-state index contributed by atoms with van der Waals surface area (Å²) in [7, 11) is 1.62. The molecule has 0 bridgehead atoms. The molecule has 0 spiro atoms. The second kappa shape index (κ2) is 6.57. The van der Waals surface area contributed by atoms with Gasteiger partial charge in [0.05, 0.1) is 17.8 Å². The van der Waals surface area contributed by atoms with Crippen molar-refractivity contribution in [3.05, 3.63) is 52.4 Å². The van der Waals surface area contributed by atoms with E-state index < -0.39 is 0 Å². The van der Waals surface area contributed by atoms with Crippen molar-refractivity contribution < 1.29 is 13.9 Å². The molecule has 0 amide bonds. The van der Waals surface area contributed by atoms with Gasteiger partial charge in [0.25, 0.3) is 0 Å². The Morgan fingerprint density at radius 2 is 2.21 bits per heavy atom. The highest BCUT2D eigenvalue weighted by atomic mass is 79.9. The average Bonchev–Trinajstić information content (AvgIpc) is 2.90. The number of ketones is 1. The van der Waals surface area contributed by atoms with E-state index in [4.69, 9.17) is 9.15 Å². The first-order chi connectivity index (χ1) is 9.19. The predicted molar refractivity (Wildman–Crippen MR) is 76.4 cm³/mol. The standard InChI is InChI=1S/C15H15BrO3/c1-18-15-7-4-11(10-14(15)16)9-12(17)5-6-13-3-2-8-19-13/h2-4,7-8,10H,5-6,9H2,1H3. The van der Waals surface area contributed by atoms with Gasteiger partial charge < -0.3 is 9.15 Å². The SMILES string of the molecule is COc1ccc(CC(=O)CCc2ccco2)cc1Br. The fourth-order valence-electron chi connectivity index (χ4n) is 1.85. The molecule has 100 valence electrons. The van der Waals surface area contributed by atoms with E-state index in [0.29, 0.717) is 19.3 Å². The first-order valence-corrected chi connectivity index (χ1v) is 6.85. The average molecular weight is 323 g/mol. The quantitative estimate of drug-likeness (QED) is 0.812. The second-order valence-corrected chi connectivity index (χ2v) is 5.12. The minimum absolute atomic E-state index is 0.202. The van der Waals surface area contributed by atoms with Gasteiger partial charge in [0.15, 0.2) is 0 Å². The first kappa shape index (κ1) is 13.9. The Bertz CT molecular complexity index is 547. The van der Waals surface area contributed by atoms with Crippen LogP contribution in [0.1, 0.15) is 17.7 Å². The maximum Gasteiger partial charge on any atom is 0.137 e. The molecule has 1 heterocycles. The van der Waals surface area contributed by atoms with Gasteiger partial charge in [-0.3, -0.25) is 4.79 Å². The van der Waals surface area contributed by atoms with Crippen molar-refractivity contribution >= 4 is 21.7 Å². The van der Waals surface area contributed by atoms with Gasteiger partial charge in [0.2, 0.25) is 0 Å². The molecule has 4 heteroatoms. The third kappa shape index (κ3) is 3.96. The van der Waals surface area contributed by atoms with E-state index in [9.17, 15) is 4.79 Å². The minimum atomic E-state index is 0.202. The van der Waals surface area contributed by atoms with E-state index >= 15 is 0 Å². The summed E-state index contributed by atoms with van der Waals surface area (Å²) in [5.41, 5.74) is 0.983. The molecule has 19 heavy (non-hydrogen) atoms. The van der Waals surface area contributed by atoms with Crippen LogP contribution in [0.4, 0.5) is 0 Å². The van der Waals surface area contributed by atoms with Crippen molar-refractivity contribution in [1.29, 1.82) is 0 Å². The van der Waals surface area contributed by atoms with Crippen LogP contribution in [0, 0.1) is 0 Å². The van der Waals surface area contributed by atoms with Gasteiger partial charge in [-0.1, -0.05) is 6.07 Å². The Labute approximate surface area is 120 Å². The lowest BCUT2D eigenvalue weighted by Gasteiger charge is -2.05. The molecule has 0 fully saturated rings. The van der Waals surface area contributed by atoms with Crippen molar-refractivity contribution in [2.75, 3.05) is 7.11 Å². The third-order valence-electron chi connectivity index (χ3n) is 2.85. The zero-order valence-electron chi connectivity index (χ0n) is 10.7. The Kier molecular flexibility index (Phi) is 4.80. The van der Waals surface area contributed by atoms with Gasteiger partial charge >= 0.3 is 0 Å². The Balaban J connectivity index is 1.90. The summed E-state index contributed by atoms with van der Waals surface area (Å²) in [5, 5.41) is 0. The lowest BCUT2D eigenvalue weighted by molar-refractivity contribution is -0.118. The molecule has 0 N–H and O–H groups in total. The summed E-state index contributed by atoms with van der Waals surface area (Å²) in [4.78, 5) is 11.9. The molecule has 0 aliphatic rings. The summed E-state index contributed by atoms with van der Waals surface area (Å²) >= 11 is 3.42. The minimum Gasteiger partial charge on any atom is -0.496 e. The number of carbonyl (C=O) groups excluding carboxylic acids is 1. The maximum absolute atomic E-state index is 11.9. The van der Waals surface area contributed by atoms with Crippen LogP contribution >= 0.6 is 15.9 Å². The molecule has 0 atom stereocenters. The number of methoxy groups -OCH3 is 1. The molecule has 3 nitrogen and oxygen atoms in total. The number of rotatable bonds is 6. The fraction of sp³-hybridized carbons (Fsp3) is 0.267. The molecule has 1 aromatic carbocycles. The molecule has 1 aromatic heterocycles. The lowest BCUT2D eigenvalue weighted by Crippen LogP contribution is -2.04. The number of benzene rings is 1. The number of furan rings is 1. The van der Waals surface area contributed by atoms with Crippen molar-refractivity contribution in [3.63, 3.8) is 0 Å². The van der Waals surface area contributed by atoms with E-state index in [0.717, 1.165) is 21.5 Å². The van der Waals surface area contributed by atoms with Crippen LogP contribution in [0.5, 0.6) is 5.75 Å². The molecule has 0 unspecified atom stereocenters. The number of Topliss-reactive ketones (excluding diaryl/α,β-unsaturated/α-hetero) is 1. The molecule has 0 aliphatic carbocycles. The van der Waals surface area contributed by atoms with Gasteiger partial charge in [0.1, 0.15) is 17.3 Å². The van der Waals surface area contributed by atoms with E-state index in [1.54, 1.807) is 13.4 Å². The number of hydrogen-bond acceptors (Lipinski definition) is 3. The highest BCUT2D eigenvalue weighted by Gasteiger charge is 2.08. The van der Waals surface area contributed by atoms with Crippen LogP contribution in [0.15, 0.2) is 45.5 Å². The molecule has 2 aromatic rings. The first-order valence-electron chi connectivity index (χ1n) is 6.05. The van der Waals surface area contributed by atoms with Gasteiger partial charge in [-0.05, 0) is 45.8 Å². The molecule has 2 rings (SSSR count). The number of halogens is 1. The lowest BCUT2D eigenvalue weighted by atomic mass is 10.1. The van der Waals surface area contributed by atoms with Crippen LogP contribution < -0.4 is 4.74 Å². The van der Waals surface area contributed by atoms with Gasteiger partial charge in [0, 0.05) is 19.3 Å². The number of ether oxygens (including phenoxy) is 1. The number of hydrogen-bond donors (Lipinski definition) is 0. The highest BCUT2D eigenvalue weighted by Crippen LogP contribution is 2.25. The van der Waals surface area contributed by atoms with Gasteiger partial charge in [-0.25, -0.2) is 0 Å². The van der Waals surface area contributed by atoms with Gasteiger partial charge in [-0.2, -0.15) is 0 Å². The molecular formula is C15H15BrO3. The zero-order chi connectivity index (χ0) is 13.7. The van der Waals surface area contributed by atoms with Crippen LogP contribution in [-0.4, -0.2) is 12.9 Å². The van der Waals surface area contributed by atoms with Crippen LogP contribution in [0.2, 0.25) is 0 Å². The summed E-state index contributed by atoms with van der Waals surface area (Å²) in [6, 6.07) is 9.41. The number of aryl methyl sites for hydroxylation is 1. The third-order valence-corrected chi connectivity index (χ3v) is 3.47. The molecule has 0 saturated heterocycles. The van der Waals surface area contributed by atoms with Crippen molar-refractivity contribution in [2.45, 2.75) is 19.3 Å². The molecule has 0 aliphatic heterocycles.